The summed E-state index contributed by atoms with van der Waals surface area (Å²) in [6.45, 7) is 0.757. The molecule has 2 rings (SSSR count). The topological polar surface area (TPSA) is 35.8 Å². The molecular weight excluding hydrogens is 251 g/mol. The van der Waals surface area contributed by atoms with E-state index in [0.717, 1.165) is 24.1 Å². The highest BCUT2D eigenvalue weighted by Crippen LogP contribution is 2.15. The molecule has 0 aromatic heterocycles. The van der Waals surface area contributed by atoms with Crippen molar-refractivity contribution in [2.45, 2.75) is 18.9 Å². The van der Waals surface area contributed by atoms with Crippen LogP contribution in [0, 0.1) is 17.1 Å². The number of halogens is 1. The van der Waals surface area contributed by atoms with E-state index in [9.17, 15) is 4.39 Å². The zero-order valence-electron chi connectivity index (χ0n) is 11.2. The molecule has 0 aliphatic heterocycles. The van der Waals surface area contributed by atoms with Crippen LogP contribution in [-0.4, -0.2) is 6.54 Å². The molecule has 0 saturated heterocycles. The number of nitrogens with zero attached hydrogens (tertiary/aromatic N) is 1. The molecular formula is C17H17FN2. The Bertz CT molecular complexity index is 558. The molecule has 0 aliphatic carbocycles. The van der Waals surface area contributed by atoms with Crippen molar-refractivity contribution in [3.05, 3.63) is 71.5 Å². The standard InChI is InChI=1S/C17H17FN2/c18-16-8-6-14(7-9-16)11-13-20-17(10-12-19)15-4-2-1-3-5-15/h1-9,17,20H,10-11,13H2. The van der Waals surface area contributed by atoms with Gasteiger partial charge in [0.25, 0.3) is 0 Å². The molecule has 2 nitrogen and oxygen atoms in total. The van der Waals surface area contributed by atoms with E-state index in [1.54, 1.807) is 12.1 Å². The van der Waals surface area contributed by atoms with E-state index in [1.165, 1.54) is 12.1 Å². The van der Waals surface area contributed by atoms with Crippen molar-refractivity contribution in [1.29, 1.82) is 5.26 Å². The van der Waals surface area contributed by atoms with Gasteiger partial charge in [-0.15, -0.1) is 0 Å². The van der Waals surface area contributed by atoms with Gasteiger partial charge in [0.05, 0.1) is 12.5 Å². The van der Waals surface area contributed by atoms with Gasteiger partial charge >= 0.3 is 0 Å². The van der Waals surface area contributed by atoms with E-state index < -0.39 is 0 Å². The van der Waals surface area contributed by atoms with Crippen molar-refractivity contribution in [1.82, 2.24) is 5.32 Å². The van der Waals surface area contributed by atoms with Crippen LogP contribution in [0.25, 0.3) is 0 Å². The average Bonchev–Trinajstić information content (AvgIpc) is 2.49. The van der Waals surface area contributed by atoms with E-state index >= 15 is 0 Å². The van der Waals surface area contributed by atoms with Gasteiger partial charge in [-0.05, 0) is 36.2 Å². The molecule has 1 atom stereocenters. The van der Waals surface area contributed by atoms with Crippen LogP contribution >= 0.6 is 0 Å². The molecule has 0 amide bonds. The highest BCUT2D eigenvalue weighted by atomic mass is 19.1. The minimum atomic E-state index is -0.214. The molecule has 20 heavy (non-hydrogen) atoms. The number of nitriles is 1. The molecule has 3 heteroatoms. The number of benzene rings is 2. The first kappa shape index (κ1) is 14.2. The fourth-order valence-corrected chi connectivity index (χ4v) is 2.13. The highest BCUT2D eigenvalue weighted by molar-refractivity contribution is 5.20. The third kappa shape index (κ3) is 4.18. The Balaban J connectivity index is 1.90. The Morgan fingerprint density at radius 1 is 1.05 bits per heavy atom. The summed E-state index contributed by atoms with van der Waals surface area (Å²) >= 11 is 0. The first-order valence-electron chi connectivity index (χ1n) is 6.69. The van der Waals surface area contributed by atoms with E-state index in [-0.39, 0.29) is 11.9 Å². The van der Waals surface area contributed by atoms with Crippen molar-refractivity contribution >= 4 is 0 Å². The van der Waals surface area contributed by atoms with Crippen LogP contribution in [0.2, 0.25) is 0 Å². The van der Waals surface area contributed by atoms with Crippen LogP contribution < -0.4 is 5.32 Å². The Morgan fingerprint density at radius 2 is 1.75 bits per heavy atom. The molecule has 0 spiro atoms. The van der Waals surface area contributed by atoms with Gasteiger partial charge in [0, 0.05) is 6.04 Å². The van der Waals surface area contributed by atoms with Crippen molar-refractivity contribution < 1.29 is 4.39 Å². The maximum atomic E-state index is 12.8. The molecule has 2 aromatic rings. The SMILES string of the molecule is N#CCC(NCCc1ccc(F)cc1)c1ccccc1. The Kier molecular flexibility index (Phi) is 5.28. The second-order valence-electron chi connectivity index (χ2n) is 4.66. The van der Waals surface area contributed by atoms with E-state index in [4.69, 9.17) is 5.26 Å². The molecule has 2 aromatic carbocycles. The third-order valence-corrected chi connectivity index (χ3v) is 3.22. The predicted octanol–water partition coefficient (Wildman–Crippen LogP) is 3.61. The quantitative estimate of drug-likeness (QED) is 0.868. The van der Waals surface area contributed by atoms with Crippen LogP contribution in [0.3, 0.4) is 0 Å². The lowest BCUT2D eigenvalue weighted by Gasteiger charge is -2.16. The lowest BCUT2D eigenvalue weighted by Crippen LogP contribution is -2.23. The maximum absolute atomic E-state index is 12.8. The number of hydrogen-bond acceptors (Lipinski definition) is 2. The minimum Gasteiger partial charge on any atom is -0.309 e. The number of hydrogen-bond donors (Lipinski definition) is 1. The zero-order valence-corrected chi connectivity index (χ0v) is 11.2. The number of nitrogens with one attached hydrogen (secondary N) is 1. The van der Waals surface area contributed by atoms with E-state index in [1.807, 2.05) is 30.3 Å². The zero-order chi connectivity index (χ0) is 14.2. The molecule has 1 N–H and O–H groups in total. The first-order valence-corrected chi connectivity index (χ1v) is 6.69. The molecule has 102 valence electrons. The molecule has 1 unspecified atom stereocenters. The van der Waals surface area contributed by atoms with Crippen molar-refractivity contribution in [2.24, 2.45) is 0 Å². The number of rotatable bonds is 6. The van der Waals surface area contributed by atoms with Crippen LogP contribution in [0.5, 0.6) is 0 Å². The Hall–Kier alpha value is -2.18. The second-order valence-corrected chi connectivity index (χ2v) is 4.66. The fraction of sp³-hybridized carbons (Fsp3) is 0.235. The van der Waals surface area contributed by atoms with E-state index in [0.29, 0.717) is 6.42 Å². The fourth-order valence-electron chi connectivity index (χ4n) is 2.13. The molecule has 0 saturated carbocycles. The highest BCUT2D eigenvalue weighted by Gasteiger charge is 2.09. The van der Waals surface area contributed by atoms with Crippen LogP contribution in [0.1, 0.15) is 23.6 Å². The van der Waals surface area contributed by atoms with E-state index in [2.05, 4.69) is 11.4 Å². The first-order chi connectivity index (χ1) is 9.79. The van der Waals surface area contributed by atoms with Gasteiger partial charge in [-0.3, -0.25) is 0 Å². The predicted molar refractivity (Wildman–Crippen MR) is 77.5 cm³/mol. The van der Waals surface area contributed by atoms with Crippen LogP contribution in [-0.2, 0) is 6.42 Å². The minimum absolute atomic E-state index is 0.0432. The van der Waals surface area contributed by atoms with Crippen molar-refractivity contribution in [2.75, 3.05) is 6.54 Å². The lowest BCUT2D eigenvalue weighted by molar-refractivity contribution is 0.545. The molecule has 0 radical (unpaired) electrons. The summed E-state index contributed by atoms with van der Waals surface area (Å²) in [5.41, 5.74) is 2.20. The van der Waals surface area contributed by atoms with Gasteiger partial charge in [0.2, 0.25) is 0 Å². The molecule has 0 heterocycles. The van der Waals surface area contributed by atoms with Crippen LogP contribution in [0.4, 0.5) is 4.39 Å². The Morgan fingerprint density at radius 3 is 2.40 bits per heavy atom. The van der Waals surface area contributed by atoms with Crippen molar-refractivity contribution in [3.63, 3.8) is 0 Å². The average molecular weight is 268 g/mol. The van der Waals surface area contributed by atoms with Gasteiger partial charge in [0.15, 0.2) is 0 Å². The van der Waals surface area contributed by atoms with Gasteiger partial charge in [-0.2, -0.15) is 5.26 Å². The summed E-state index contributed by atoms with van der Waals surface area (Å²) in [5, 5.41) is 12.3. The smallest absolute Gasteiger partial charge is 0.123 e. The van der Waals surface area contributed by atoms with Gasteiger partial charge in [0.1, 0.15) is 5.82 Å². The van der Waals surface area contributed by atoms with Gasteiger partial charge in [-0.25, -0.2) is 4.39 Å². The summed E-state index contributed by atoms with van der Waals surface area (Å²) in [4.78, 5) is 0. The summed E-state index contributed by atoms with van der Waals surface area (Å²) in [5.74, 6) is -0.214. The molecule has 0 aliphatic rings. The van der Waals surface area contributed by atoms with Crippen LogP contribution in [0.15, 0.2) is 54.6 Å². The third-order valence-electron chi connectivity index (χ3n) is 3.22. The normalized spacial score (nSPS) is 11.8. The van der Waals surface area contributed by atoms with Gasteiger partial charge < -0.3 is 5.32 Å². The summed E-state index contributed by atoms with van der Waals surface area (Å²) in [6, 6.07) is 18.7. The summed E-state index contributed by atoms with van der Waals surface area (Å²) < 4.78 is 12.8. The Labute approximate surface area is 118 Å². The van der Waals surface area contributed by atoms with Gasteiger partial charge in [-0.1, -0.05) is 42.5 Å². The maximum Gasteiger partial charge on any atom is 0.123 e. The largest absolute Gasteiger partial charge is 0.309 e. The summed E-state index contributed by atoms with van der Waals surface area (Å²) in [6.07, 6.45) is 1.25. The second kappa shape index (κ2) is 7.42. The van der Waals surface area contributed by atoms with Crippen molar-refractivity contribution in [3.8, 4) is 6.07 Å². The lowest BCUT2D eigenvalue weighted by atomic mass is 10.0. The summed E-state index contributed by atoms with van der Waals surface area (Å²) in [7, 11) is 0. The monoisotopic (exact) mass is 268 g/mol. The molecule has 0 bridgehead atoms. The molecule has 0 fully saturated rings.